The summed E-state index contributed by atoms with van der Waals surface area (Å²) in [5, 5.41) is 11.8. The average Bonchev–Trinajstić information content (AvgIpc) is 3.37. The second-order valence-corrected chi connectivity index (χ2v) is 10.5. The summed E-state index contributed by atoms with van der Waals surface area (Å²) in [6.07, 6.45) is -4.37. The molecule has 1 aliphatic heterocycles. The van der Waals surface area contributed by atoms with Gasteiger partial charge < -0.3 is 14.7 Å². The van der Waals surface area contributed by atoms with E-state index < -0.39 is 29.3 Å². The lowest BCUT2D eigenvalue weighted by atomic mass is 9.92. The maximum atomic E-state index is 13.9. The van der Waals surface area contributed by atoms with Crippen molar-refractivity contribution in [2.75, 3.05) is 18.6 Å². The molecule has 6 rings (SSSR count). The number of hydrogen-bond acceptors (Lipinski definition) is 4. The summed E-state index contributed by atoms with van der Waals surface area (Å²) in [5.41, 5.74) is 1.49. The molecule has 0 fully saturated rings. The molecular formula is C34H27F3N2O4. The van der Waals surface area contributed by atoms with E-state index in [4.69, 9.17) is 4.74 Å². The van der Waals surface area contributed by atoms with E-state index in [1.54, 1.807) is 18.1 Å². The second-order valence-electron chi connectivity index (χ2n) is 10.5. The number of hydrogen-bond donors (Lipinski definition) is 1. The van der Waals surface area contributed by atoms with Crippen molar-refractivity contribution in [1.29, 1.82) is 0 Å². The molecule has 1 atom stereocenters. The van der Waals surface area contributed by atoms with Gasteiger partial charge in [0.2, 0.25) is 0 Å². The summed E-state index contributed by atoms with van der Waals surface area (Å²) in [6.45, 7) is 0.255. The molecule has 5 aromatic rings. The summed E-state index contributed by atoms with van der Waals surface area (Å²) in [4.78, 5) is 27.8. The molecule has 0 amide bonds. The molecule has 1 aliphatic rings. The smallest absolute Gasteiger partial charge is 0.416 e. The van der Waals surface area contributed by atoms with E-state index in [-0.39, 0.29) is 30.9 Å². The predicted molar refractivity (Wildman–Crippen MR) is 159 cm³/mol. The normalized spacial score (nSPS) is 14.6. The number of aliphatic carboxylic acids is 1. The first-order chi connectivity index (χ1) is 20.7. The Kier molecular flexibility index (Phi) is 7.17. The minimum Gasteiger partial charge on any atom is -0.496 e. The van der Waals surface area contributed by atoms with Crippen LogP contribution in [0.2, 0.25) is 0 Å². The third kappa shape index (κ3) is 5.22. The van der Waals surface area contributed by atoms with Crippen molar-refractivity contribution in [2.45, 2.75) is 25.2 Å². The van der Waals surface area contributed by atoms with Crippen molar-refractivity contribution >= 4 is 22.6 Å². The standard InChI is InChI=1S/C34H27F3N2O4/c1-43-29-15-14-22(26-12-5-6-13-27(26)29)16-24-18-30(40)39-28(33(41)42)20-38(19-21-8-3-2-4-9-21)32(39)31(24)23-10-7-11-25(17-23)34(35,36)37/h2-15,17-18,28H,16,19-20H2,1H3,(H,41,42). The van der Waals surface area contributed by atoms with Crippen LogP contribution in [0.4, 0.5) is 19.0 Å². The third-order valence-corrected chi connectivity index (χ3v) is 7.87. The highest BCUT2D eigenvalue weighted by Gasteiger charge is 2.38. The lowest BCUT2D eigenvalue weighted by Crippen LogP contribution is -2.28. The van der Waals surface area contributed by atoms with Gasteiger partial charge in [0.25, 0.3) is 5.56 Å². The van der Waals surface area contributed by atoms with Crippen molar-refractivity contribution in [2.24, 2.45) is 0 Å². The van der Waals surface area contributed by atoms with E-state index in [0.29, 0.717) is 16.9 Å². The molecule has 1 aromatic heterocycles. The average molecular weight is 585 g/mol. The number of carbonyl (C=O) groups is 1. The number of carboxylic acids is 1. The molecule has 4 aromatic carbocycles. The Morgan fingerprint density at radius 1 is 0.907 bits per heavy atom. The predicted octanol–water partition coefficient (Wildman–Crippen LogP) is 6.93. The molecule has 0 saturated carbocycles. The van der Waals surface area contributed by atoms with Gasteiger partial charge in [-0.2, -0.15) is 13.2 Å². The lowest BCUT2D eigenvalue weighted by molar-refractivity contribution is -0.140. The van der Waals surface area contributed by atoms with Crippen LogP contribution in [-0.4, -0.2) is 29.3 Å². The van der Waals surface area contributed by atoms with Crippen molar-refractivity contribution in [3.63, 3.8) is 0 Å². The molecular weight excluding hydrogens is 557 g/mol. The molecule has 6 nitrogen and oxygen atoms in total. The van der Waals surface area contributed by atoms with Crippen LogP contribution in [-0.2, 0) is 23.9 Å². The fourth-order valence-electron chi connectivity index (χ4n) is 5.96. The van der Waals surface area contributed by atoms with Crippen LogP contribution in [0.3, 0.4) is 0 Å². The molecule has 0 saturated heterocycles. The van der Waals surface area contributed by atoms with Crippen LogP contribution in [0.1, 0.15) is 28.3 Å². The Morgan fingerprint density at radius 2 is 1.63 bits per heavy atom. The van der Waals surface area contributed by atoms with Crippen LogP contribution in [0.15, 0.2) is 102 Å². The van der Waals surface area contributed by atoms with Gasteiger partial charge >= 0.3 is 12.1 Å². The van der Waals surface area contributed by atoms with Crippen LogP contribution >= 0.6 is 0 Å². The molecule has 0 radical (unpaired) electrons. The number of aromatic nitrogens is 1. The Bertz CT molecular complexity index is 1900. The summed E-state index contributed by atoms with van der Waals surface area (Å²) in [5.74, 6) is -0.233. The highest BCUT2D eigenvalue weighted by Crippen LogP contribution is 2.43. The van der Waals surface area contributed by atoms with E-state index in [1.807, 2.05) is 66.7 Å². The van der Waals surface area contributed by atoms with Gasteiger partial charge in [0.05, 0.1) is 19.2 Å². The zero-order valence-electron chi connectivity index (χ0n) is 23.1. The van der Waals surface area contributed by atoms with Gasteiger partial charge in [-0.05, 0) is 52.3 Å². The minimum absolute atomic E-state index is 0.0135. The second kappa shape index (κ2) is 11.0. The van der Waals surface area contributed by atoms with E-state index in [1.165, 1.54) is 16.7 Å². The number of alkyl halides is 3. The number of carboxylic acid groups (broad SMARTS) is 1. The number of rotatable bonds is 7. The van der Waals surface area contributed by atoms with Crippen molar-refractivity contribution in [1.82, 2.24) is 4.57 Å². The number of anilines is 1. The number of halogens is 3. The van der Waals surface area contributed by atoms with Crippen LogP contribution < -0.4 is 15.2 Å². The van der Waals surface area contributed by atoms with Gasteiger partial charge in [-0.25, -0.2) is 4.79 Å². The highest BCUT2D eigenvalue weighted by atomic mass is 19.4. The molecule has 9 heteroatoms. The molecule has 0 spiro atoms. The zero-order chi connectivity index (χ0) is 30.3. The summed E-state index contributed by atoms with van der Waals surface area (Å²) in [6, 6.07) is 25.8. The van der Waals surface area contributed by atoms with Gasteiger partial charge in [-0.1, -0.05) is 72.8 Å². The van der Waals surface area contributed by atoms with Gasteiger partial charge in [0, 0.05) is 23.6 Å². The number of ether oxygens (including phenoxy) is 1. The van der Waals surface area contributed by atoms with Crippen LogP contribution in [0, 0.1) is 0 Å². The summed E-state index contributed by atoms with van der Waals surface area (Å²) in [7, 11) is 1.58. The molecule has 1 N–H and O–H groups in total. The Hall–Kier alpha value is -5.05. The Balaban J connectivity index is 1.62. The maximum absolute atomic E-state index is 13.9. The minimum atomic E-state index is -4.59. The maximum Gasteiger partial charge on any atom is 0.416 e. The number of fused-ring (bicyclic) bond motifs is 2. The van der Waals surface area contributed by atoms with Crippen LogP contribution in [0.25, 0.3) is 21.9 Å². The fourth-order valence-corrected chi connectivity index (χ4v) is 5.96. The summed E-state index contributed by atoms with van der Waals surface area (Å²) < 4.78 is 48.4. The topological polar surface area (TPSA) is 71.8 Å². The third-order valence-electron chi connectivity index (χ3n) is 7.87. The number of nitrogens with zero attached hydrogens (tertiary/aromatic N) is 2. The highest BCUT2D eigenvalue weighted by molar-refractivity contribution is 5.92. The van der Waals surface area contributed by atoms with E-state index in [9.17, 15) is 27.9 Å². The quantitative estimate of drug-likeness (QED) is 0.225. The number of benzene rings is 4. The van der Waals surface area contributed by atoms with Crippen molar-refractivity contribution < 1.29 is 27.8 Å². The van der Waals surface area contributed by atoms with Gasteiger partial charge in [-0.15, -0.1) is 0 Å². The SMILES string of the molecule is COc1ccc(Cc2cc(=O)n3c(c2-c2cccc(C(F)(F)F)c2)N(Cc2ccccc2)CC3C(=O)O)c2ccccc12. The van der Waals surface area contributed by atoms with Crippen molar-refractivity contribution in [3.05, 3.63) is 130 Å². The molecule has 0 aliphatic carbocycles. The van der Waals surface area contributed by atoms with E-state index in [0.717, 1.165) is 34.0 Å². The van der Waals surface area contributed by atoms with Crippen LogP contribution in [0.5, 0.6) is 5.75 Å². The Morgan fingerprint density at radius 3 is 2.33 bits per heavy atom. The molecule has 1 unspecified atom stereocenters. The molecule has 43 heavy (non-hydrogen) atoms. The number of pyridine rings is 1. The first-order valence-electron chi connectivity index (χ1n) is 13.7. The largest absolute Gasteiger partial charge is 0.496 e. The first-order valence-corrected chi connectivity index (χ1v) is 13.7. The number of methoxy groups -OCH3 is 1. The Labute approximate surface area is 245 Å². The monoisotopic (exact) mass is 584 g/mol. The van der Waals surface area contributed by atoms with Crippen molar-refractivity contribution in [3.8, 4) is 16.9 Å². The first kappa shape index (κ1) is 28.1. The lowest BCUT2D eigenvalue weighted by Gasteiger charge is -2.24. The molecule has 0 bridgehead atoms. The van der Waals surface area contributed by atoms with Gasteiger partial charge in [0.1, 0.15) is 11.6 Å². The molecule has 218 valence electrons. The molecule has 2 heterocycles. The van der Waals surface area contributed by atoms with Gasteiger partial charge in [0.15, 0.2) is 6.04 Å². The summed E-state index contributed by atoms with van der Waals surface area (Å²) >= 11 is 0. The van der Waals surface area contributed by atoms with E-state index in [2.05, 4.69) is 0 Å². The fraction of sp³-hybridized carbons (Fsp3) is 0.176. The zero-order valence-corrected chi connectivity index (χ0v) is 23.1. The van der Waals surface area contributed by atoms with Gasteiger partial charge in [-0.3, -0.25) is 9.36 Å². The van der Waals surface area contributed by atoms with E-state index >= 15 is 0 Å².